The molecule has 112 valence electrons. The highest BCUT2D eigenvalue weighted by Crippen LogP contribution is 2.17. The average Bonchev–Trinajstić information content (AvgIpc) is 2.92. The zero-order chi connectivity index (χ0) is 15.5. The Morgan fingerprint density at radius 2 is 2.14 bits per heavy atom. The van der Waals surface area contributed by atoms with E-state index < -0.39 is 0 Å². The lowest BCUT2D eigenvalue weighted by Crippen LogP contribution is -2.12. The molecule has 0 saturated carbocycles. The van der Waals surface area contributed by atoms with Crippen molar-refractivity contribution < 1.29 is 13.7 Å². The molecule has 0 spiro atoms. The second-order valence-corrected chi connectivity index (χ2v) is 5.05. The summed E-state index contributed by atoms with van der Waals surface area (Å²) in [5, 5.41) is 6.94. The number of anilines is 1. The summed E-state index contributed by atoms with van der Waals surface area (Å²) in [6, 6.07) is 7.80. The van der Waals surface area contributed by atoms with Crippen LogP contribution in [-0.4, -0.2) is 11.1 Å². The van der Waals surface area contributed by atoms with Crippen molar-refractivity contribution in [2.24, 2.45) is 0 Å². The number of aromatic nitrogens is 1. The van der Waals surface area contributed by atoms with Crippen molar-refractivity contribution in [3.63, 3.8) is 0 Å². The predicted molar refractivity (Wildman–Crippen MR) is 80.9 cm³/mol. The van der Waals surface area contributed by atoms with Gasteiger partial charge in [0.2, 0.25) is 5.91 Å². The van der Waals surface area contributed by atoms with E-state index in [1.807, 2.05) is 0 Å². The summed E-state index contributed by atoms with van der Waals surface area (Å²) in [5.74, 6) is 0.339. The minimum atomic E-state index is -0.202. The summed E-state index contributed by atoms with van der Waals surface area (Å²) >= 11 is 5.63. The summed E-state index contributed by atoms with van der Waals surface area (Å²) in [6.07, 6.45) is 1.94. The third-order valence-electron chi connectivity index (χ3n) is 3.07. The van der Waals surface area contributed by atoms with E-state index in [4.69, 9.17) is 20.5 Å². The van der Waals surface area contributed by atoms with Crippen LogP contribution in [0.3, 0.4) is 0 Å². The van der Waals surface area contributed by atoms with Crippen LogP contribution in [0.5, 0.6) is 0 Å². The molecule has 3 aromatic rings. The highest BCUT2D eigenvalue weighted by Gasteiger charge is 2.08. The van der Waals surface area contributed by atoms with E-state index in [1.165, 1.54) is 12.3 Å². The van der Waals surface area contributed by atoms with Crippen LogP contribution in [0.2, 0.25) is 5.15 Å². The zero-order valence-corrected chi connectivity index (χ0v) is 12.1. The summed E-state index contributed by atoms with van der Waals surface area (Å²) < 4.78 is 10.1. The third kappa shape index (κ3) is 3.17. The summed E-state index contributed by atoms with van der Waals surface area (Å²) in [7, 11) is 0. The van der Waals surface area contributed by atoms with Gasteiger partial charge < -0.3 is 14.3 Å². The molecule has 0 aliphatic heterocycles. The number of amides is 1. The molecule has 1 aromatic carbocycles. The molecule has 0 bridgehead atoms. The lowest BCUT2D eigenvalue weighted by molar-refractivity contribution is -0.116. The molecular formula is C15H11ClN2O4. The van der Waals surface area contributed by atoms with Crippen molar-refractivity contribution in [3.8, 4) is 0 Å². The number of aryl methyl sites for hydroxylation is 1. The minimum Gasteiger partial charge on any atom is -0.464 e. The van der Waals surface area contributed by atoms with E-state index in [9.17, 15) is 9.59 Å². The Balaban J connectivity index is 1.68. The smallest absolute Gasteiger partial charge is 0.224 e. The first-order valence-corrected chi connectivity index (χ1v) is 6.92. The number of rotatable bonds is 4. The molecule has 22 heavy (non-hydrogen) atoms. The fourth-order valence-electron chi connectivity index (χ4n) is 2.03. The van der Waals surface area contributed by atoms with Crippen molar-refractivity contribution in [1.29, 1.82) is 0 Å². The normalized spacial score (nSPS) is 10.8. The third-order valence-corrected chi connectivity index (χ3v) is 3.25. The number of hydrogen-bond acceptors (Lipinski definition) is 5. The number of halogens is 1. The minimum absolute atomic E-state index is 0.159. The largest absolute Gasteiger partial charge is 0.464 e. The maximum atomic E-state index is 11.9. The standard InChI is InChI=1S/C15H11ClN2O4/c16-14-8-10(22-18-14)2-4-15(20)17-9-1-3-13-11(7-9)12(19)5-6-21-13/h1,3,5-8H,2,4H2,(H,17,20). The number of hydrogen-bond donors (Lipinski definition) is 1. The Hall–Kier alpha value is -2.60. The van der Waals surface area contributed by atoms with Gasteiger partial charge in [0, 0.05) is 30.7 Å². The monoisotopic (exact) mass is 318 g/mol. The van der Waals surface area contributed by atoms with Crippen LogP contribution >= 0.6 is 11.6 Å². The lowest BCUT2D eigenvalue weighted by atomic mass is 10.2. The number of carbonyl (C=O) groups is 1. The molecule has 2 heterocycles. The molecule has 0 saturated heterocycles. The van der Waals surface area contributed by atoms with Crippen LogP contribution < -0.4 is 10.7 Å². The molecule has 3 rings (SSSR count). The maximum absolute atomic E-state index is 11.9. The van der Waals surface area contributed by atoms with E-state index in [2.05, 4.69) is 10.5 Å². The Labute approximate surface area is 129 Å². The molecule has 0 radical (unpaired) electrons. The van der Waals surface area contributed by atoms with Gasteiger partial charge in [-0.1, -0.05) is 16.8 Å². The molecule has 1 amide bonds. The van der Waals surface area contributed by atoms with Crippen molar-refractivity contribution in [2.45, 2.75) is 12.8 Å². The van der Waals surface area contributed by atoms with Gasteiger partial charge in [-0.25, -0.2) is 0 Å². The molecule has 0 fully saturated rings. The van der Waals surface area contributed by atoms with Gasteiger partial charge in [0.1, 0.15) is 11.3 Å². The molecule has 1 N–H and O–H groups in total. The molecule has 0 aliphatic carbocycles. The Morgan fingerprint density at radius 3 is 2.91 bits per heavy atom. The highest BCUT2D eigenvalue weighted by molar-refractivity contribution is 6.29. The maximum Gasteiger partial charge on any atom is 0.224 e. The van der Waals surface area contributed by atoms with Crippen LogP contribution in [-0.2, 0) is 11.2 Å². The molecule has 0 atom stereocenters. The van der Waals surface area contributed by atoms with Gasteiger partial charge in [-0.3, -0.25) is 9.59 Å². The fraction of sp³-hybridized carbons (Fsp3) is 0.133. The number of nitrogens with one attached hydrogen (secondary N) is 1. The quantitative estimate of drug-likeness (QED) is 0.799. The van der Waals surface area contributed by atoms with Crippen LogP contribution in [0.25, 0.3) is 11.0 Å². The van der Waals surface area contributed by atoms with Gasteiger partial charge >= 0.3 is 0 Å². The van der Waals surface area contributed by atoms with E-state index in [0.717, 1.165) is 0 Å². The molecule has 0 aliphatic rings. The van der Waals surface area contributed by atoms with Crippen molar-refractivity contribution in [3.05, 3.63) is 57.7 Å². The number of nitrogens with zero attached hydrogens (tertiary/aromatic N) is 1. The SMILES string of the molecule is O=C(CCc1cc(Cl)no1)Nc1ccc2occc(=O)c2c1. The van der Waals surface area contributed by atoms with Crippen LogP contribution in [0.4, 0.5) is 5.69 Å². The van der Waals surface area contributed by atoms with Gasteiger partial charge in [0.15, 0.2) is 10.6 Å². The number of carbonyl (C=O) groups excluding carboxylic acids is 1. The first kappa shape index (κ1) is 14.3. The second-order valence-electron chi connectivity index (χ2n) is 4.66. The van der Waals surface area contributed by atoms with Crippen LogP contribution in [0.15, 0.2) is 50.3 Å². The molecule has 6 nitrogen and oxygen atoms in total. The summed E-state index contributed by atoms with van der Waals surface area (Å²) in [6.45, 7) is 0. The number of fused-ring (bicyclic) bond motifs is 1. The van der Waals surface area contributed by atoms with Crippen LogP contribution in [0.1, 0.15) is 12.2 Å². The lowest BCUT2D eigenvalue weighted by Gasteiger charge is -2.05. The number of benzene rings is 1. The van der Waals surface area contributed by atoms with Crippen molar-refractivity contribution in [1.82, 2.24) is 5.16 Å². The molecular weight excluding hydrogens is 308 g/mol. The predicted octanol–water partition coefficient (Wildman–Crippen LogP) is 3.01. The summed E-state index contributed by atoms with van der Waals surface area (Å²) in [5.41, 5.74) is 0.849. The van der Waals surface area contributed by atoms with Crippen LogP contribution in [0, 0.1) is 0 Å². The van der Waals surface area contributed by atoms with Gasteiger partial charge in [0.05, 0.1) is 11.6 Å². The molecule has 2 aromatic heterocycles. The van der Waals surface area contributed by atoms with E-state index in [1.54, 1.807) is 24.3 Å². The van der Waals surface area contributed by atoms with Gasteiger partial charge in [-0.2, -0.15) is 0 Å². The van der Waals surface area contributed by atoms with E-state index >= 15 is 0 Å². The first-order valence-electron chi connectivity index (χ1n) is 6.54. The highest BCUT2D eigenvalue weighted by atomic mass is 35.5. The Morgan fingerprint density at radius 1 is 1.27 bits per heavy atom. The van der Waals surface area contributed by atoms with Gasteiger partial charge in [-0.05, 0) is 18.2 Å². The van der Waals surface area contributed by atoms with Gasteiger partial charge in [-0.15, -0.1) is 0 Å². The Bertz CT molecular complexity index is 884. The first-order chi connectivity index (χ1) is 10.6. The van der Waals surface area contributed by atoms with Gasteiger partial charge in [0.25, 0.3) is 0 Å². The topological polar surface area (TPSA) is 85.3 Å². The molecule has 0 unspecified atom stereocenters. The van der Waals surface area contributed by atoms with Crippen molar-refractivity contribution in [2.75, 3.05) is 5.32 Å². The fourth-order valence-corrected chi connectivity index (χ4v) is 2.18. The zero-order valence-electron chi connectivity index (χ0n) is 11.3. The Kier molecular flexibility index (Phi) is 3.93. The second kappa shape index (κ2) is 6.03. The van der Waals surface area contributed by atoms with E-state index in [0.29, 0.717) is 28.8 Å². The van der Waals surface area contributed by atoms with E-state index in [-0.39, 0.29) is 22.9 Å². The average molecular weight is 319 g/mol. The van der Waals surface area contributed by atoms with Crippen molar-refractivity contribution >= 4 is 34.2 Å². The summed E-state index contributed by atoms with van der Waals surface area (Å²) in [4.78, 5) is 23.6. The molecule has 7 heteroatoms.